The lowest BCUT2D eigenvalue weighted by Crippen LogP contribution is -2.50. The van der Waals surface area contributed by atoms with Crippen LogP contribution in [0.1, 0.15) is 23.1 Å². The largest absolute Gasteiger partial charge is 0.358 e. The van der Waals surface area contributed by atoms with Crippen LogP contribution in [0, 0.1) is 13.8 Å². The minimum Gasteiger partial charge on any atom is -0.358 e. The molecule has 1 rings (SSSR count). The predicted molar refractivity (Wildman–Crippen MR) is 52.0 cm³/mol. The first kappa shape index (κ1) is 9.27. The van der Waals surface area contributed by atoms with Gasteiger partial charge in [0.1, 0.15) is 0 Å². The molecule has 0 unspecified atom stereocenters. The maximum absolute atomic E-state index is 3.85. The molecule has 3 N–H and O–H groups in total. The summed E-state index contributed by atoms with van der Waals surface area (Å²) in [6, 6.07) is 6.67. The first-order valence-corrected chi connectivity index (χ1v) is 4.59. The summed E-state index contributed by atoms with van der Waals surface area (Å²) in [6.45, 7) is 5.36. The summed E-state index contributed by atoms with van der Waals surface area (Å²) in [5, 5.41) is 0. The molecule has 1 aromatic rings. The first-order chi connectivity index (χ1) is 5.74. The van der Waals surface area contributed by atoms with Crippen molar-refractivity contribution < 1.29 is 5.73 Å². The van der Waals surface area contributed by atoms with Gasteiger partial charge in [0.05, 0.1) is 6.54 Å². The molecule has 1 heteroatoms. The normalized spacial score (nSPS) is 10.2. The van der Waals surface area contributed by atoms with E-state index >= 15 is 0 Å². The molecule has 1 nitrogen and oxygen atoms in total. The third kappa shape index (κ3) is 2.35. The Bertz CT molecular complexity index is 253. The lowest BCUT2D eigenvalue weighted by Gasteiger charge is -2.04. The minimum atomic E-state index is 1.04. The molecule has 0 aliphatic rings. The van der Waals surface area contributed by atoms with Crippen LogP contribution in [0.2, 0.25) is 0 Å². The van der Waals surface area contributed by atoms with Gasteiger partial charge in [0.2, 0.25) is 0 Å². The molecule has 1 aromatic carbocycles. The second kappa shape index (κ2) is 4.27. The molecule has 0 amide bonds. The molecule has 0 aromatic heterocycles. The summed E-state index contributed by atoms with van der Waals surface area (Å²) in [5.74, 6) is 0. The zero-order valence-corrected chi connectivity index (χ0v) is 8.06. The molecular weight excluding hydrogens is 146 g/mol. The van der Waals surface area contributed by atoms with E-state index in [1.165, 1.54) is 29.5 Å². The van der Waals surface area contributed by atoms with Crippen molar-refractivity contribution in [1.82, 2.24) is 0 Å². The van der Waals surface area contributed by atoms with Crippen LogP contribution in [0.3, 0.4) is 0 Å². The van der Waals surface area contributed by atoms with Crippen LogP contribution in [-0.4, -0.2) is 6.54 Å². The van der Waals surface area contributed by atoms with Crippen LogP contribution in [-0.2, 0) is 6.42 Å². The Morgan fingerprint density at radius 3 is 2.58 bits per heavy atom. The van der Waals surface area contributed by atoms with Crippen LogP contribution in [0.4, 0.5) is 0 Å². The zero-order chi connectivity index (χ0) is 8.97. The maximum atomic E-state index is 3.85. The molecule has 0 aliphatic carbocycles. The van der Waals surface area contributed by atoms with E-state index < -0.39 is 0 Å². The van der Waals surface area contributed by atoms with E-state index in [1.54, 1.807) is 0 Å². The molecule has 0 saturated carbocycles. The first-order valence-electron chi connectivity index (χ1n) is 4.59. The zero-order valence-electron chi connectivity index (χ0n) is 8.06. The SMILES string of the molecule is Cc1ccc(CCC[NH3+])c(C)c1. The van der Waals surface area contributed by atoms with Crippen LogP contribution in [0.25, 0.3) is 0 Å². The van der Waals surface area contributed by atoms with Gasteiger partial charge in [-0.3, -0.25) is 0 Å². The Balaban J connectivity index is 2.72. The van der Waals surface area contributed by atoms with Gasteiger partial charge in [0, 0.05) is 6.42 Å². The summed E-state index contributed by atoms with van der Waals surface area (Å²) < 4.78 is 0. The van der Waals surface area contributed by atoms with E-state index in [0.29, 0.717) is 0 Å². The molecule has 0 fully saturated rings. The van der Waals surface area contributed by atoms with Crippen molar-refractivity contribution in [3.8, 4) is 0 Å². The molecule has 0 aliphatic heterocycles. The fourth-order valence-electron chi connectivity index (χ4n) is 1.44. The van der Waals surface area contributed by atoms with Crippen molar-refractivity contribution in [2.45, 2.75) is 26.7 Å². The summed E-state index contributed by atoms with van der Waals surface area (Å²) in [4.78, 5) is 0. The molecule has 66 valence electrons. The van der Waals surface area contributed by atoms with Crippen molar-refractivity contribution in [2.75, 3.05) is 6.54 Å². The quantitative estimate of drug-likeness (QED) is 0.701. The van der Waals surface area contributed by atoms with E-state index in [-0.39, 0.29) is 0 Å². The summed E-state index contributed by atoms with van der Waals surface area (Å²) in [6.07, 6.45) is 2.37. The van der Waals surface area contributed by atoms with Gasteiger partial charge >= 0.3 is 0 Å². The summed E-state index contributed by atoms with van der Waals surface area (Å²) in [7, 11) is 0. The average Bonchev–Trinajstić information content (AvgIpc) is 2.03. The van der Waals surface area contributed by atoms with Crippen molar-refractivity contribution in [3.63, 3.8) is 0 Å². The summed E-state index contributed by atoms with van der Waals surface area (Å²) >= 11 is 0. The van der Waals surface area contributed by atoms with Gasteiger partial charge in [0.25, 0.3) is 0 Å². The third-order valence-corrected chi connectivity index (χ3v) is 2.19. The van der Waals surface area contributed by atoms with E-state index in [9.17, 15) is 0 Å². The number of rotatable bonds is 3. The van der Waals surface area contributed by atoms with Crippen LogP contribution >= 0.6 is 0 Å². The maximum Gasteiger partial charge on any atom is 0.0743 e. The van der Waals surface area contributed by atoms with E-state index in [4.69, 9.17) is 0 Å². The van der Waals surface area contributed by atoms with Gasteiger partial charge < -0.3 is 5.73 Å². The highest BCUT2D eigenvalue weighted by Gasteiger charge is 1.97. The highest BCUT2D eigenvalue weighted by atomic mass is 14.5. The fourth-order valence-corrected chi connectivity index (χ4v) is 1.44. The lowest BCUT2D eigenvalue weighted by atomic mass is 10.0. The molecule has 12 heavy (non-hydrogen) atoms. The standard InChI is InChI=1S/C11H17N/c1-9-5-6-11(4-3-7-12)10(2)8-9/h5-6,8H,3-4,7,12H2,1-2H3/p+1. The molecule has 0 saturated heterocycles. The Hall–Kier alpha value is -0.820. The van der Waals surface area contributed by atoms with Gasteiger partial charge in [-0.05, 0) is 31.4 Å². The number of aryl methyl sites for hydroxylation is 3. The van der Waals surface area contributed by atoms with Gasteiger partial charge in [-0.1, -0.05) is 23.8 Å². The Labute approximate surface area is 74.6 Å². The van der Waals surface area contributed by atoms with Gasteiger partial charge in [0.15, 0.2) is 0 Å². The lowest BCUT2D eigenvalue weighted by molar-refractivity contribution is -0.368. The van der Waals surface area contributed by atoms with E-state index in [1.807, 2.05) is 0 Å². The molecule has 0 radical (unpaired) electrons. The number of hydrogen-bond acceptors (Lipinski definition) is 0. The molecule has 0 bridgehead atoms. The van der Waals surface area contributed by atoms with Gasteiger partial charge in [-0.2, -0.15) is 0 Å². The van der Waals surface area contributed by atoms with Gasteiger partial charge in [-0.25, -0.2) is 0 Å². The Morgan fingerprint density at radius 2 is 2.00 bits per heavy atom. The van der Waals surface area contributed by atoms with E-state index in [0.717, 1.165) is 6.54 Å². The van der Waals surface area contributed by atoms with Crippen molar-refractivity contribution in [1.29, 1.82) is 0 Å². The minimum absolute atomic E-state index is 1.04. The fraction of sp³-hybridized carbons (Fsp3) is 0.455. The third-order valence-electron chi connectivity index (χ3n) is 2.19. The molecule has 0 heterocycles. The van der Waals surface area contributed by atoms with Crippen molar-refractivity contribution >= 4 is 0 Å². The van der Waals surface area contributed by atoms with Gasteiger partial charge in [-0.15, -0.1) is 0 Å². The summed E-state index contributed by atoms with van der Waals surface area (Å²) in [5.41, 5.74) is 8.10. The highest BCUT2D eigenvalue weighted by molar-refractivity contribution is 5.30. The van der Waals surface area contributed by atoms with Crippen molar-refractivity contribution in [3.05, 3.63) is 34.9 Å². The van der Waals surface area contributed by atoms with Crippen molar-refractivity contribution in [2.24, 2.45) is 0 Å². The van der Waals surface area contributed by atoms with Crippen LogP contribution in [0.5, 0.6) is 0 Å². The monoisotopic (exact) mass is 164 g/mol. The molecule has 0 spiro atoms. The highest BCUT2D eigenvalue weighted by Crippen LogP contribution is 2.11. The smallest absolute Gasteiger partial charge is 0.0743 e. The van der Waals surface area contributed by atoms with E-state index in [2.05, 4.69) is 37.8 Å². The Kier molecular flexibility index (Phi) is 3.30. The average molecular weight is 164 g/mol. The predicted octanol–water partition coefficient (Wildman–Crippen LogP) is 1.48. The second-order valence-electron chi connectivity index (χ2n) is 3.39. The topological polar surface area (TPSA) is 27.6 Å². The van der Waals surface area contributed by atoms with Crippen LogP contribution in [0.15, 0.2) is 18.2 Å². The number of quaternary nitrogens is 1. The molecule has 0 atom stereocenters. The second-order valence-corrected chi connectivity index (χ2v) is 3.39. The Morgan fingerprint density at radius 1 is 1.25 bits per heavy atom. The van der Waals surface area contributed by atoms with Crippen LogP contribution < -0.4 is 5.73 Å². The number of benzene rings is 1. The number of hydrogen-bond donors (Lipinski definition) is 1. The molecular formula is C11H18N+.